The monoisotopic (exact) mass is 243 g/mol. The van der Waals surface area contributed by atoms with Gasteiger partial charge in [-0.3, -0.25) is 4.79 Å². The SMILES string of the molecule is CCOc1cc(C(=O)NC)cc(Cl)c1OC. The van der Waals surface area contributed by atoms with Gasteiger partial charge < -0.3 is 14.8 Å². The lowest BCUT2D eigenvalue weighted by Crippen LogP contribution is -2.18. The van der Waals surface area contributed by atoms with Gasteiger partial charge in [-0.1, -0.05) is 11.6 Å². The largest absolute Gasteiger partial charge is 0.491 e. The molecule has 1 rings (SSSR count). The fourth-order valence-electron chi connectivity index (χ4n) is 1.30. The maximum atomic E-state index is 11.5. The molecule has 88 valence electrons. The summed E-state index contributed by atoms with van der Waals surface area (Å²) >= 11 is 5.99. The molecule has 4 nitrogen and oxygen atoms in total. The van der Waals surface area contributed by atoms with Gasteiger partial charge >= 0.3 is 0 Å². The Kier molecular flexibility index (Phi) is 4.43. The number of benzene rings is 1. The van der Waals surface area contributed by atoms with Crippen LogP contribution in [0.3, 0.4) is 0 Å². The van der Waals surface area contributed by atoms with Gasteiger partial charge in [-0.2, -0.15) is 0 Å². The molecule has 0 aliphatic heterocycles. The molecule has 0 heterocycles. The number of rotatable bonds is 4. The smallest absolute Gasteiger partial charge is 0.251 e. The molecule has 0 atom stereocenters. The predicted molar refractivity (Wildman–Crippen MR) is 62.6 cm³/mol. The number of hydrogen-bond acceptors (Lipinski definition) is 3. The van der Waals surface area contributed by atoms with Crippen molar-refractivity contribution in [3.05, 3.63) is 22.7 Å². The van der Waals surface area contributed by atoms with Gasteiger partial charge in [0.15, 0.2) is 11.5 Å². The van der Waals surface area contributed by atoms with Crippen LogP contribution in [0, 0.1) is 0 Å². The minimum absolute atomic E-state index is 0.217. The van der Waals surface area contributed by atoms with Crippen LogP contribution in [0.2, 0.25) is 5.02 Å². The molecule has 0 bridgehead atoms. The minimum atomic E-state index is -0.217. The summed E-state index contributed by atoms with van der Waals surface area (Å²) in [6.07, 6.45) is 0. The lowest BCUT2D eigenvalue weighted by atomic mass is 10.2. The van der Waals surface area contributed by atoms with Crippen molar-refractivity contribution in [2.24, 2.45) is 0 Å². The predicted octanol–water partition coefficient (Wildman–Crippen LogP) is 2.11. The van der Waals surface area contributed by atoms with E-state index < -0.39 is 0 Å². The zero-order valence-electron chi connectivity index (χ0n) is 9.46. The van der Waals surface area contributed by atoms with Crippen molar-refractivity contribution in [2.45, 2.75) is 6.92 Å². The van der Waals surface area contributed by atoms with E-state index in [1.54, 1.807) is 19.2 Å². The lowest BCUT2D eigenvalue weighted by Gasteiger charge is -2.12. The highest BCUT2D eigenvalue weighted by Crippen LogP contribution is 2.36. The Hall–Kier alpha value is -1.42. The Labute approximate surface area is 99.5 Å². The molecule has 5 heteroatoms. The first kappa shape index (κ1) is 12.6. The van der Waals surface area contributed by atoms with Gasteiger partial charge in [0.05, 0.1) is 18.7 Å². The summed E-state index contributed by atoms with van der Waals surface area (Å²) in [7, 11) is 3.06. The van der Waals surface area contributed by atoms with E-state index in [4.69, 9.17) is 21.1 Å². The molecular formula is C11H14ClNO3. The van der Waals surface area contributed by atoms with E-state index in [1.165, 1.54) is 7.11 Å². The van der Waals surface area contributed by atoms with Crippen LogP contribution in [0.4, 0.5) is 0 Å². The summed E-state index contributed by atoms with van der Waals surface area (Å²) in [5.74, 6) is 0.692. The second-order valence-electron chi connectivity index (χ2n) is 3.00. The summed E-state index contributed by atoms with van der Waals surface area (Å²) in [6, 6.07) is 3.15. The van der Waals surface area contributed by atoms with E-state index in [0.717, 1.165) is 0 Å². The highest BCUT2D eigenvalue weighted by atomic mass is 35.5. The first-order chi connectivity index (χ1) is 7.63. The van der Waals surface area contributed by atoms with Crippen LogP contribution in [0.5, 0.6) is 11.5 Å². The average molecular weight is 244 g/mol. The Morgan fingerprint density at radius 1 is 1.50 bits per heavy atom. The second-order valence-corrected chi connectivity index (χ2v) is 3.41. The minimum Gasteiger partial charge on any atom is -0.491 e. The van der Waals surface area contributed by atoms with Crippen LogP contribution < -0.4 is 14.8 Å². The Morgan fingerprint density at radius 2 is 2.19 bits per heavy atom. The van der Waals surface area contributed by atoms with E-state index in [1.807, 2.05) is 6.92 Å². The lowest BCUT2D eigenvalue weighted by molar-refractivity contribution is 0.0962. The van der Waals surface area contributed by atoms with Crippen LogP contribution in [0.25, 0.3) is 0 Å². The Bertz CT molecular complexity index is 393. The Morgan fingerprint density at radius 3 is 2.69 bits per heavy atom. The molecule has 0 aliphatic carbocycles. The third kappa shape index (κ3) is 2.58. The Balaban J connectivity index is 3.22. The maximum absolute atomic E-state index is 11.5. The fourth-order valence-corrected chi connectivity index (χ4v) is 1.59. The molecule has 0 unspecified atom stereocenters. The molecule has 16 heavy (non-hydrogen) atoms. The molecule has 0 aliphatic rings. The van der Waals surface area contributed by atoms with Crippen LogP contribution in [-0.2, 0) is 0 Å². The number of carbonyl (C=O) groups is 1. The number of amides is 1. The van der Waals surface area contributed by atoms with Crippen molar-refractivity contribution in [3.63, 3.8) is 0 Å². The molecule has 0 fully saturated rings. The molecule has 1 N–H and O–H groups in total. The number of methoxy groups -OCH3 is 1. The van der Waals surface area contributed by atoms with E-state index >= 15 is 0 Å². The standard InChI is InChI=1S/C11H14ClNO3/c1-4-16-9-6-7(11(14)13-2)5-8(12)10(9)15-3/h5-6H,4H2,1-3H3,(H,13,14). The third-order valence-corrected chi connectivity index (χ3v) is 2.28. The molecule has 0 spiro atoms. The molecule has 0 saturated carbocycles. The molecular weight excluding hydrogens is 230 g/mol. The zero-order valence-corrected chi connectivity index (χ0v) is 10.2. The highest BCUT2D eigenvalue weighted by molar-refractivity contribution is 6.32. The number of hydrogen-bond donors (Lipinski definition) is 1. The molecule has 0 aromatic heterocycles. The van der Waals surface area contributed by atoms with Crippen molar-refractivity contribution in [1.82, 2.24) is 5.32 Å². The van der Waals surface area contributed by atoms with Crippen molar-refractivity contribution >= 4 is 17.5 Å². The normalized spacial score (nSPS) is 9.75. The zero-order chi connectivity index (χ0) is 12.1. The van der Waals surface area contributed by atoms with Crippen molar-refractivity contribution < 1.29 is 14.3 Å². The summed E-state index contributed by atoms with van der Waals surface area (Å²) in [5.41, 5.74) is 0.441. The van der Waals surface area contributed by atoms with Crippen molar-refractivity contribution in [3.8, 4) is 11.5 Å². The molecule has 1 aromatic rings. The number of ether oxygens (including phenoxy) is 2. The number of carbonyl (C=O) groups excluding carboxylic acids is 1. The number of halogens is 1. The average Bonchev–Trinajstić information content (AvgIpc) is 2.28. The summed E-state index contributed by atoms with van der Waals surface area (Å²) < 4.78 is 10.5. The van der Waals surface area contributed by atoms with E-state index in [9.17, 15) is 4.79 Å². The van der Waals surface area contributed by atoms with Crippen LogP contribution in [0.15, 0.2) is 12.1 Å². The van der Waals surface area contributed by atoms with E-state index in [2.05, 4.69) is 5.32 Å². The first-order valence-electron chi connectivity index (χ1n) is 4.86. The summed E-state index contributed by atoms with van der Waals surface area (Å²) in [5, 5.41) is 2.88. The molecule has 1 amide bonds. The van der Waals surface area contributed by atoms with E-state index in [0.29, 0.717) is 28.7 Å². The van der Waals surface area contributed by atoms with Gasteiger partial charge in [0.25, 0.3) is 5.91 Å². The third-order valence-electron chi connectivity index (χ3n) is 2.00. The van der Waals surface area contributed by atoms with Gasteiger partial charge in [0.1, 0.15) is 0 Å². The number of nitrogens with one attached hydrogen (secondary N) is 1. The van der Waals surface area contributed by atoms with E-state index in [-0.39, 0.29) is 5.91 Å². The first-order valence-corrected chi connectivity index (χ1v) is 5.24. The van der Waals surface area contributed by atoms with Gasteiger partial charge in [-0.15, -0.1) is 0 Å². The van der Waals surface area contributed by atoms with Crippen LogP contribution >= 0.6 is 11.6 Å². The van der Waals surface area contributed by atoms with Gasteiger partial charge in [0, 0.05) is 12.6 Å². The molecule has 0 saturated heterocycles. The molecule has 0 radical (unpaired) electrons. The topological polar surface area (TPSA) is 47.6 Å². The molecule has 1 aromatic carbocycles. The van der Waals surface area contributed by atoms with Crippen molar-refractivity contribution in [1.29, 1.82) is 0 Å². The highest BCUT2D eigenvalue weighted by Gasteiger charge is 2.14. The second kappa shape index (κ2) is 5.61. The summed E-state index contributed by atoms with van der Waals surface area (Å²) in [6.45, 7) is 2.32. The quantitative estimate of drug-likeness (QED) is 0.881. The van der Waals surface area contributed by atoms with Gasteiger partial charge in [0.2, 0.25) is 0 Å². The van der Waals surface area contributed by atoms with Crippen molar-refractivity contribution in [2.75, 3.05) is 20.8 Å². The van der Waals surface area contributed by atoms with Crippen LogP contribution in [0.1, 0.15) is 17.3 Å². The van der Waals surface area contributed by atoms with Gasteiger partial charge in [-0.25, -0.2) is 0 Å². The maximum Gasteiger partial charge on any atom is 0.251 e. The summed E-state index contributed by atoms with van der Waals surface area (Å²) in [4.78, 5) is 11.5. The van der Waals surface area contributed by atoms with Crippen LogP contribution in [-0.4, -0.2) is 26.7 Å². The fraction of sp³-hybridized carbons (Fsp3) is 0.364. The van der Waals surface area contributed by atoms with Gasteiger partial charge in [-0.05, 0) is 19.1 Å².